The van der Waals surface area contributed by atoms with Gasteiger partial charge in [-0.25, -0.2) is 13.1 Å². The van der Waals surface area contributed by atoms with Crippen LogP contribution >= 0.6 is 0 Å². The maximum Gasteiger partial charge on any atom is 0.240 e. The highest BCUT2D eigenvalue weighted by atomic mass is 32.2. The van der Waals surface area contributed by atoms with E-state index in [9.17, 15) is 13.5 Å². The fourth-order valence-corrected chi connectivity index (χ4v) is 7.06. The third-order valence-corrected chi connectivity index (χ3v) is 9.93. The maximum atomic E-state index is 12.7. The minimum atomic E-state index is -3.60. The van der Waals surface area contributed by atoms with Crippen LogP contribution in [0.4, 0.5) is 0 Å². The van der Waals surface area contributed by atoms with Crippen LogP contribution in [-0.2, 0) is 32.6 Å². The number of aliphatic hydroxyl groups is 1. The molecule has 0 spiro atoms. The van der Waals surface area contributed by atoms with E-state index in [1.54, 1.807) is 30.3 Å². The number of benzene rings is 3. The Labute approximate surface area is 250 Å². The second kappa shape index (κ2) is 14.1. The topological polar surface area (TPSA) is 88.1 Å². The summed E-state index contributed by atoms with van der Waals surface area (Å²) in [6, 6.07) is 24.6. The van der Waals surface area contributed by atoms with E-state index in [1.807, 2.05) is 54.6 Å². The molecule has 1 aliphatic carbocycles. The Kier molecular flexibility index (Phi) is 10.3. The van der Waals surface area contributed by atoms with Crippen molar-refractivity contribution in [3.63, 3.8) is 0 Å². The molecule has 2 aliphatic rings. The SMILES string of the molecule is C=CCN(CC1OC(c2ccc(CNS(=O)(=O)c3ccccc3)cc2)OC(c2ccc(CO)cc2)C1C)C1CCCC1. The molecule has 0 bridgehead atoms. The lowest BCUT2D eigenvalue weighted by atomic mass is 9.89. The maximum absolute atomic E-state index is 12.7. The van der Waals surface area contributed by atoms with Crippen LogP contribution in [0.5, 0.6) is 0 Å². The van der Waals surface area contributed by atoms with E-state index in [1.165, 1.54) is 25.7 Å². The van der Waals surface area contributed by atoms with Gasteiger partial charge in [0.05, 0.1) is 23.7 Å². The Balaban J connectivity index is 1.34. The lowest BCUT2D eigenvalue weighted by Gasteiger charge is -2.43. The number of hydrogen-bond acceptors (Lipinski definition) is 6. The first-order valence-corrected chi connectivity index (χ1v) is 16.4. The number of hydrogen-bond donors (Lipinski definition) is 2. The smallest absolute Gasteiger partial charge is 0.240 e. The van der Waals surface area contributed by atoms with Crippen LogP contribution in [0.25, 0.3) is 0 Å². The quantitative estimate of drug-likeness (QED) is 0.256. The van der Waals surface area contributed by atoms with E-state index in [4.69, 9.17) is 9.47 Å². The highest BCUT2D eigenvalue weighted by molar-refractivity contribution is 7.89. The van der Waals surface area contributed by atoms with Crippen molar-refractivity contribution in [3.05, 3.63) is 114 Å². The minimum absolute atomic E-state index is 0.00146. The van der Waals surface area contributed by atoms with Crippen LogP contribution in [0.2, 0.25) is 0 Å². The molecule has 4 atom stereocenters. The van der Waals surface area contributed by atoms with Gasteiger partial charge < -0.3 is 14.6 Å². The molecule has 0 amide bonds. The predicted molar refractivity (Wildman–Crippen MR) is 164 cm³/mol. The molecular weight excluding hydrogens is 548 g/mol. The van der Waals surface area contributed by atoms with Crippen molar-refractivity contribution in [3.8, 4) is 0 Å². The lowest BCUT2D eigenvalue weighted by Crippen LogP contribution is -2.47. The molecule has 3 aromatic rings. The van der Waals surface area contributed by atoms with Crippen LogP contribution in [0.1, 0.15) is 67.3 Å². The van der Waals surface area contributed by atoms with Gasteiger partial charge in [0.1, 0.15) is 0 Å². The zero-order chi connectivity index (χ0) is 29.5. The van der Waals surface area contributed by atoms with E-state index < -0.39 is 16.3 Å². The van der Waals surface area contributed by atoms with Crippen molar-refractivity contribution in [1.82, 2.24) is 9.62 Å². The van der Waals surface area contributed by atoms with Gasteiger partial charge in [-0.15, -0.1) is 6.58 Å². The molecule has 0 aromatic heterocycles. The number of nitrogens with zero attached hydrogens (tertiary/aromatic N) is 1. The van der Waals surface area contributed by atoms with E-state index in [-0.39, 0.29) is 36.2 Å². The first kappa shape index (κ1) is 30.6. The van der Waals surface area contributed by atoms with E-state index in [2.05, 4.69) is 23.1 Å². The molecule has 224 valence electrons. The molecule has 7 nitrogen and oxygen atoms in total. The molecular formula is C34H42N2O5S. The molecule has 1 saturated carbocycles. The lowest BCUT2D eigenvalue weighted by molar-refractivity contribution is -0.276. The average Bonchev–Trinajstić information content (AvgIpc) is 3.57. The second-order valence-corrected chi connectivity index (χ2v) is 13.1. The van der Waals surface area contributed by atoms with Gasteiger partial charge in [0, 0.05) is 37.2 Å². The molecule has 3 aromatic carbocycles. The Morgan fingerprint density at radius 2 is 1.57 bits per heavy atom. The molecule has 0 radical (unpaired) electrons. The Bertz CT molecular complexity index is 1390. The van der Waals surface area contributed by atoms with Crippen molar-refractivity contribution in [1.29, 1.82) is 0 Å². The summed E-state index contributed by atoms with van der Waals surface area (Å²) in [5.41, 5.74) is 3.65. The molecule has 42 heavy (non-hydrogen) atoms. The van der Waals surface area contributed by atoms with Gasteiger partial charge >= 0.3 is 0 Å². The largest absolute Gasteiger partial charge is 0.392 e. The molecule has 2 fully saturated rings. The molecule has 4 unspecified atom stereocenters. The van der Waals surface area contributed by atoms with Crippen molar-refractivity contribution >= 4 is 10.0 Å². The summed E-state index contributed by atoms with van der Waals surface area (Å²) in [5, 5.41) is 9.54. The van der Waals surface area contributed by atoms with Crippen LogP contribution in [0.3, 0.4) is 0 Å². The van der Waals surface area contributed by atoms with E-state index in [0.29, 0.717) is 6.04 Å². The predicted octanol–water partition coefficient (Wildman–Crippen LogP) is 5.88. The standard InChI is InChI=1S/C34H42N2O5S/c1-3-21-36(30-9-7-8-10-30)23-32-25(2)33(28-17-15-27(24-37)16-18-28)41-34(40-32)29-19-13-26(14-20-29)22-35-42(38,39)31-11-5-4-6-12-31/h3-6,11-20,25,30,32-35,37H,1,7-10,21-24H2,2H3. The molecule has 1 heterocycles. The zero-order valence-corrected chi connectivity index (χ0v) is 25.1. The Hall–Kier alpha value is -2.85. The summed E-state index contributed by atoms with van der Waals surface area (Å²) in [6.45, 7) is 8.00. The molecule has 5 rings (SSSR count). The monoisotopic (exact) mass is 590 g/mol. The van der Waals surface area contributed by atoms with Gasteiger partial charge in [-0.1, -0.05) is 92.6 Å². The van der Waals surface area contributed by atoms with Crippen LogP contribution < -0.4 is 4.72 Å². The number of nitrogens with one attached hydrogen (secondary N) is 1. The van der Waals surface area contributed by atoms with Gasteiger partial charge in [-0.3, -0.25) is 4.90 Å². The first-order valence-electron chi connectivity index (χ1n) is 14.9. The van der Waals surface area contributed by atoms with Gasteiger partial charge in [0.2, 0.25) is 10.0 Å². The fraction of sp³-hybridized carbons (Fsp3) is 0.412. The van der Waals surface area contributed by atoms with Crippen LogP contribution in [-0.4, -0.2) is 43.7 Å². The highest BCUT2D eigenvalue weighted by Gasteiger charge is 2.40. The summed E-state index contributed by atoms with van der Waals surface area (Å²) < 4.78 is 41.3. The van der Waals surface area contributed by atoms with Gasteiger partial charge in [0.15, 0.2) is 6.29 Å². The van der Waals surface area contributed by atoms with Gasteiger partial charge in [-0.2, -0.15) is 0 Å². The van der Waals surface area contributed by atoms with E-state index >= 15 is 0 Å². The van der Waals surface area contributed by atoms with Crippen molar-refractivity contribution in [2.45, 2.75) is 75.2 Å². The van der Waals surface area contributed by atoms with Gasteiger partial charge in [0.25, 0.3) is 0 Å². The number of aliphatic hydroxyl groups excluding tert-OH is 1. The minimum Gasteiger partial charge on any atom is -0.392 e. The molecule has 1 aliphatic heterocycles. The third-order valence-electron chi connectivity index (χ3n) is 8.51. The second-order valence-electron chi connectivity index (χ2n) is 11.4. The number of sulfonamides is 1. The summed E-state index contributed by atoms with van der Waals surface area (Å²) in [5.74, 6) is 0.0987. The molecule has 2 N–H and O–H groups in total. The summed E-state index contributed by atoms with van der Waals surface area (Å²) in [4.78, 5) is 2.75. The summed E-state index contributed by atoms with van der Waals surface area (Å²) in [6.07, 6.45) is 6.09. The molecule has 1 saturated heterocycles. The van der Waals surface area contributed by atoms with Crippen LogP contribution in [0.15, 0.2) is 96.4 Å². The normalized spacial score (nSPS) is 23.3. The number of rotatable bonds is 12. The van der Waals surface area contributed by atoms with E-state index in [0.717, 1.165) is 35.3 Å². The van der Waals surface area contributed by atoms with Crippen molar-refractivity contribution < 1.29 is 23.0 Å². The first-order chi connectivity index (χ1) is 20.4. The Morgan fingerprint density at radius 1 is 0.929 bits per heavy atom. The Morgan fingerprint density at radius 3 is 2.21 bits per heavy atom. The molecule has 8 heteroatoms. The average molecular weight is 591 g/mol. The van der Waals surface area contributed by atoms with Crippen molar-refractivity contribution in [2.75, 3.05) is 13.1 Å². The van der Waals surface area contributed by atoms with Crippen LogP contribution in [0, 0.1) is 5.92 Å². The summed E-state index contributed by atoms with van der Waals surface area (Å²) >= 11 is 0. The summed E-state index contributed by atoms with van der Waals surface area (Å²) in [7, 11) is -3.60. The van der Waals surface area contributed by atoms with Crippen molar-refractivity contribution in [2.24, 2.45) is 5.92 Å². The zero-order valence-electron chi connectivity index (χ0n) is 24.3. The number of ether oxygens (including phenoxy) is 2. The third kappa shape index (κ3) is 7.37. The van der Waals surface area contributed by atoms with Gasteiger partial charge in [-0.05, 0) is 41.7 Å². The fourth-order valence-electron chi connectivity index (χ4n) is 6.02. The highest BCUT2D eigenvalue weighted by Crippen LogP contribution is 2.42.